The van der Waals surface area contributed by atoms with Gasteiger partial charge >= 0.3 is 0 Å². The Hall–Kier alpha value is -0.930. The first-order valence-corrected chi connectivity index (χ1v) is 5.73. The van der Waals surface area contributed by atoms with Crippen molar-refractivity contribution in [2.24, 2.45) is 0 Å². The highest BCUT2D eigenvalue weighted by Gasteiger charge is 2.00. The van der Waals surface area contributed by atoms with Crippen molar-refractivity contribution in [3.05, 3.63) is 57.8 Å². The highest BCUT2D eigenvalue weighted by atomic mass is 79.9. The van der Waals surface area contributed by atoms with Crippen molar-refractivity contribution in [1.29, 1.82) is 0 Å². The fourth-order valence-corrected chi connectivity index (χ4v) is 1.89. The Kier molecular flexibility index (Phi) is 3.34. The number of rotatable bonds is 3. The second-order valence-corrected chi connectivity index (χ2v) is 4.48. The monoisotopic (exact) mass is 284 g/mol. The molecule has 1 aromatic carbocycles. The van der Waals surface area contributed by atoms with E-state index in [-0.39, 0.29) is 0 Å². The van der Waals surface area contributed by atoms with Crippen LogP contribution in [-0.4, -0.2) is 4.68 Å². The van der Waals surface area contributed by atoms with Gasteiger partial charge < -0.3 is 5.43 Å². The molecule has 0 amide bonds. The molecule has 15 heavy (non-hydrogen) atoms. The van der Waals surface area contributed by atoms with Crippen molar-refractivity contribution in [1.82, 2.24) is 4.68 Å². The number of benzene rings is 1. The fourth-order valence-electron chi connectivity index (χ4n) is 1.30. The summed E-state index contributed by atoms with van der Waals surface area (Å²) in [5, 5.41) is 0.776. The highest BCUT2D eigenvalue weighted by molar-refractivity contribution is 9.10. The summed E-state index contributed by atoms with van der Waals surface area (Å²) in [6.07, 6.45) is 3.90. The first kappa shape index (κ1) is 10.6. The van der Waals surface area contributed by atoms with E-state index in [4.69, 9.17) is 11.6 Å². The molecule has 0 spiro atoms. The molecule has 4 heteroatoms. The van der Waals surface area contributed by atoms with Gasteiger partial charge in [-0.2, -0.15) is 0 Å². The van der Waals surface area contributed by atoms with Crippen molar-refractivity contribution in [3.63, 3.8) is 0 Å². The summed E-state index contributed by atoms with van der Waals surface area (Å²) >= 11 is 9.49. The summed E-state index contributed by atoms with van der Waals surface area (Å²) in [4.78, 5) is 0. The molecular weight excluding hydrogens is 275 g/mol. The Morgan fingerprint density at radius 2 is 2.00 bits per heavy atom. The maximum Gasteiger partial charge on any atom is 0.0579 e. The summed E-state index contributed by atoms with van der Waals surface area (Å²) in [5.74, 6) is 0. The maximum absolute atomic E-state index is 6.07. The van der Waals surface area contributed by atoms with Crippen molar-refractivity contribution in [3.8, 4) is 0 Å². The normalized spacial score (nSPS) is 10.3. The minimum Gasteiger partial charge on any atom is -0.322 e. The Bertz CT molecular complexity index is 440. The maximum atomic E-state index is 6.07. The lowest BCUT2D eigenvalue weighted by molar-refractivity contribution is 0.847. The molecule has 2 rings (SSSR count). The number of hydrogen-bond donors (Lipinski definition) is 1. The third kappa shape index (κ3) is 2.76. The first-order chi connectivity index (χ1) is 7.25. The molecule has 1 heterocycles. The van der Waals surface area contributed by atoms with E-state index in [9.17, 15) is 0 Å². The number of nitrogens with one attached hydrogen (secondary N) is 1. The predicted molar refractivity (Wildman–Crippen MR) is 66.6 cm³/mol. The van der Waals surface area contributed by atoms with E-state index in [0.29, 0.717) is 6.54 Å². The van der Waals surface area contributed by atoms with Gasteiger partial charge in [-0.05, 0) is 35.9 Å². The van der Waals surface area contributed by atoms with E-state index >= 15 is 0 Å². The first-order valence-electron chi connectivity index (χ1n) is 4.56. The van der Waals surface area contributed by atoms with Gasteiger partial charge in [0.15, 0.2) is 0 Å². The molecule has 78 valence electrons. The van der Waals surface area contributed by atoms with Gasteiger partial charge in [-0.3, -0.25) is 4.68 Å². The van der Waals surface area contributed by atoms with E-state index in [0.717, 1.165) is 15.1 Å². The SMILES string of the molecule is Clc1ccc(Br)cc1CNn1cccc1. The van der Waals surface area contributed by atoms with Crippen LogP contribution < -0.4 is 5.43 Å². The second kappa shape index (κ2) is 4.73. The average Bonchev–Trinajstić information content (AvgIpc) is 2.72. The molecule has 0 bridgehead atoms. The van der Waals surface area contributed by atoms with Crippen LogP contribution in [-0.2, 0) is 6.54 Å². The Labute approximate surface area is 102 Å². The Morgan fingerprint density at radius 3 is 2.73 bits per heavy atom. The van der Waals surface area contributed by atoms with Crippen molar-refractivity contribution >= 4 is 27.5 Å². The van der Waals surface area contributed by atoms with Crippen LogP contribution in [0.25, 0.3) is 0 Å². The lowest BCUT2D eigenvalue weighted by atomic mass is 10.2. The van der Waals surface area contributed by atoms with Crippen LogP contribution in [0.3, 0.4) is 0 Å². The van der Waals surface area contributed by atoms with Gasteiger partial charge in [-0.25, -0.2) is 0 Å². The largest absolute Gasteiger partial charge is 0.322 e. The topological polar surface area (TPSA) is 17.0 Å². The fraction of sp³-hybridized carbons (Fsp3) is 0.0909. The molecule has 0 atom stereocenters. The third-order valence-corrected chi connectivity index (χ3v) is 2.93. The standard InChI is InChI=1S/C11H10BrClN2/c12-10-3-4-11(13)9(7-10)8-14-15-5-1-2-6-15/h1-7,14H,8H2. The summed E-state index contributed by atoms with van der Waals surface area (Å²) in [6.45, 7) is 0.701. The zero-order valence-corrected chi connectivity index (χ0v) is 10.3. The van der Waals surface area contributed by atoms with Gasteiger partial charge in [0.1, 0.15) is 0 Å². The number of aromatic nitrogens is 1. The molecule has 2 aromatic rings. The minimum absolute atomic E-state index is 0.701. The molecule has 0 aliphatic carbocycles. The van der Waals surface area contributed by atoms with Crippen LogP contribution in [0.1, 0.15) is 5.56 Å². The van der Waals surface area contributed by atoms with Crippen LogP contribution in [0.5, 0.6) is 0 Å². The molecule has 0 fully saturated rings. The Balaban J connectivity index is 2.07. The molecule has 0 radical (unpaired) electrons. The lowest BCUT2D eigenvalue weighted by Gasteiger charge is -2.09. The molecule has 0 saturated heterocycles. The van der Waals surface area contributed by atoms with E-state index < -0.39 is 0 Å². The molecule has 0 unspecified atom stereocenters. The highest BCUT2D eigenvalue weighted by Crippen LogP contribution is 2.20. The summed E-state index contributed by atoms with van der Waals surface area (Å²) in [6, 6.07) is 9.77. The molecular formula is C11H10BrClN2. The summed E-state index contributed by atoms with van der Waals surface area (Å²) in [7, 11) is 0. The van der Waals surface area contributed by atoms with Crippen molar-refractivity contribution < 1.29 is 0 Å². The molecule has 1 aromatic heterocycles. The number of nitrogens with zero attached hydrogens (tertiary/aromatic N) is 1. The molecule has 0 saturated carbocycles. The quantitative estimate of drug-likeness (QED) is 0.911. The van der Waals surface area contributed by atoms with Crippen molar-refractivity contribution in [2.45, 2.75) is 6.54 Å². The molecule has 2 nitrogen and oxygen atoms in total. The zero-order chi connectivity index (χ0) is 10.7. The smallest absolute Gasteiger partial charge is 0.0579 e. The second-order valence-electron chi connectivity index (χ2n) is 3.16. The Morgan fingerprint density at radius 1 is 1.27 bits per heavy atom. The van der Waals surface area contributed by atoms with E-state index in [1.54, 1.807) is 0 Å². The zero-order valence-electron chi connectivity index (χ0n) is 7.95. The van der Waals surface area contributed by atoms with Gasteiger partial charge in [-0.15, -0.1) is 0 Å². The van der Waals surface area contributed by atoms with Crippen LogP contribution >= 0.6 is 27.5 Å². The van der Waals surface area contributed by atoms with Gasteiger partial charge in [0.25, 0.3) is 0 Å². The lowest BCUT2D eigenvalue weighted by Crippen LogP contribution is -2.11. The third-order valence-electron chi connectivity index (χ3n) is 2.06. The van der Waals surface area contributed by atoms with Gasteiger partial charge in [-0.1, -0.05) is 27.5 Å². The van der Waals surface area contributed by atoms with Crippen LogP contribution in [0.2, 0.25) is 5.02 Å². The average molecular weight is 286 g/mol. The number of hydrogen-bond acceptors (Lipinski definition) is 1. The minimum atomic E-state index is 0.701. The van der Waals surface area contributed by atoms with E-state index in [1.165, 1.54) is 0 Å². The molecule has 0 aliphatic rings. The number of halogens is 2. The van der Waals surface area contributed by atoms with Gasteiger partial charge in [0.05, 0.1) is 6.54 Å². The molecule has 0 aliphatic heterocycles. The van der Waals surface area contributed by atoms with Crippen LogP contribution in [0.4, 0.5) is 0 Å². The van der Waals surface area contributed by atoms with Gasteiger partial charge in [0.2, 0.25) is 0 Å². The molecule has 1 N–H and O–H groups in total. The van der Waals surface area contributed by atoms with Crippen LogP contribution in [0, 0.1) is 0 Å². The van der Waals surface area contributed by atoms with Crippen molar-refractivity contribution in [2.75, 3.05) is 5.43 Å². The van der Waals surface area contributed by atoms with E-state index in [2.05, 4.69) is 21.4 Å². The summed E-state index contributed by atoms with van der Waals surface area (Å²) < 4.78 is 2.94. The summed E-state index contributed by atoms with van der Waals surface area (Å²) in [5.41, 5.74) is 4.29. The predicted octanol–water partition coefficient (Wildman–Crippen LogP) is 3.65. The van der Waals surface area contributed by atoms with E-state index in [1.807, 2.05) is 47.4 Å². The van der Waals surface area contributed by atoms with Gasteiger partial charge in [0, 0.05) is 21.9 Å². The van der Waals surface area contributed by atoms with Crippen LogP contribution in [0.15, 0.2) is 47.2 Å².